The van der Waals surface area contributed by atoms with E-state index >= 15 is 0 Å². The van der Waals surface area contributed by atoms with Crippen molar-refractivity contribution in [2.24, 2.45) is 5.11 Å². The van der Waals surface area contributed by atoms with E-state index in [0.29, 0.717) is 0 Å². The summed E-state index contributed by atoms with van der Waals surface area (Å²) in [5.41, 5.74) is 6.79. The highest BCUT2D eigenvalue weighted by Crippen LogP contribution is 2.24. The molecule has 0 aliphatic rings. The van der Waals surface area contributed by atoms with Gasteiger partial charge in [0.05, 0.1) is 0 Å². The summed E-state index contributed by atoms with van der Waals surface area (Å²) in [7, 11) is 1.54. The number of nitrogens with zero attached hydrogens (tertiary/aromatic N) is 3. The van der Waals surface area contributed by atoms with Gasteiger partial charge in [0.2, 0.25) is 5.82 Å². The van der Waals surface area contributed by atoms with E-state index in [9.17, 15) is 4.79 Å². The third-order valence-corrected chi connectivity index (χ3v) is 2.59. The van der Waals surface area contributed by atoms with Crippen molar-refractivity contribution >= 4 is 46.1 Å². The average molecular weight is 288 g/mol. The van der Waals surface area contributed by atoms with Crippen LogP contribution in [-0.2, 0) is 0 Å². The number of nitrogens with one attached hydrogen (secondary N) is 4. The molecule has 0 aromatic carbocycles. The summed E-state index contributed by atoms with van der Waals surface area (Å²) in [6.07, 6.45) is 1.66. The van der Waals surface area contributed by atoms with Crippen molar-refractivity contribution in [2.45, 2.75) is 0 Å². The van der Waals surface area contributed by atoms with Crippen LogP contribution in [0.25, 0.3) is 0 Å². The van der Waals surface area contributed by atoms with Gasteiger partial charge in [0.1, 0.15) is 0 Å². The third kappa shape index (κ3) is 3.14. The molecular formula is C8H10ClN7OS. The van der Waals surface area contributed by atoms with Crippen molar-refractivity contribution in [3.63, 3.8) is 0 Å². The summed E-state index contributed by atoms with van der Waals surface area (Å²) in [6.45, 7) is 0. The van der Waals surface area contributed by atoms with Crippen molar-refractivity contribution in [1.29, 1.82) is 10.9 Å². The van der Waals surface area contributed by atoms with E-state index in [4.69, 9.17) is 22.5 Å². The minimum absolute atomic E-state index is 0.0192. The lowest BCUT2D eigenvalue weighted by Crippen LogP contribution is -2.29. The first kappa shape index (κ1) is 14.3. The number of amidine groups is 1. The van der Waals surface area contributed by atoms with Crippen LogP contribution in [0.15, 0.2) is 5.11 Å². The van der Waals surface area contributed by atoms with Crippen molar-refractivity contribution < 1.29 is 4.79 Å². The monoisotopic (exact) mass is 287 g/mol. The molecule has 1 amide bonds. The van der Waals surface area contributed by atoms with Crippen molar-refractivity contribution in [3.8, 4) is 0 Å². The Morgan fingerprint density at radius 3 is 2.67 bits per heavy atom. The highest BCUT2D eigenvalue weighted by molar-refractivity contribution is 8.13. The Balaban J connectivity index is 3.15. The number of carbonyl (C=O) groups is 1. The molecule has 0 saturated heterocycles. The van der Waals surface area contributed by atoms with E-state index in [2.05, 4.69) is 25.7 Å². The minimum Gasteiger partial charge on any atom is -0.371 e. The molecule has 96 valence electrons. The van der Waals surface area contributed by atoms with Crippen LogP contribution in [0, 0.1) is 10.9 Å². The van der Waals surface area contributed by atoms with Crippen molar-refractivity contribution in [1.82, 2.24) is 15.3 Å². The fraction of sp³-hybridized carbons (Fsp3) is 0.250. The molecule has 0 unspecified atom stereocenters. The zero-order chi connectivity index (χ0) is 13.7. The largest absolute Gasteiger partial charge is 0.371 e. The molecule has 1 rings (SSSR count). The number of rotatable bonds is 3. The number of thioether (sulfide) groups is 1. The zero-order valence-corrected chi connectivity index (χ0v) is 11.1. The number of aromatic nitrogens is 2. The molecule has 1 aromatic rings. The van der Waals surface area contributed by atoms with Gasteiger partial charge in [0.15, 0.2) is 21.8 Å². The molecule has 18 heavy (non-hydrogen) atoms. The van der Waals surface area contributed by atoms with E-state index in [1.54, 1.807) is 13.3 Å². The van der Waals surface area contributed by atoms with Crippen LogP contribution < -0.4 is 10.6 Å². The zero-order valence-electron chi connectivity index (χ0n) is 9.54. The fourth-order valence-corrected chi connectivity index (χ4v) is 1.39. The van der Waals surface area contributed by atoms with E-state index < -0.39 is 5.91 Å². The molecule has 0 aliphatic carbocycles. The number of halogens is 1. The Hall–Kier alpha value is -1.74. The molecule has 1 heterocycles. The summed E-state index contributed by atoms with van der Waals surface area (Å²) in [4.78, 5) is 19.5. The molecule has 0 atom stereocenters. The van der Waals surface area contributed by atoms with Crippen LogP contribution in [0.1, 0.15) is 10.5 Å². The molecule has 0 fully saturated rings. The average Bonchev–Trinajstić information content (AvgIpc) is 2.38. The Labute approximate surface area is 112 Å². The second-order valence-corrected chi connectivity index (χ2v) is 4.06. The van der Waals surface area contributed by atoms with Gasteiger partial charge in [-0.3, -0.25) is 10.2 Å². The van der Waals surface area contributed by atoms with Crippen molar-refractivity contribution in [3.05, 3.63) is 10.8 Å². The standard InChI is InChI=1S/C8H10ClN7OS/c1-12-5-3(7(17)15-8(10)18-2)13-4(9)6(14-5)16-11/h11H,1-2H3,(H,12,14)(H2,10,15,17). The number of carbonyl (C=O) groups excluding carboxylic acids is 1. The van der Waals surface area contributed by atoms with E-state index in [-0.39, 0.29) is 27.7 Å². The van der Waals surface area contributed by atoms with E-state index in [0.717, 1.165) is 11.8 Å². The predicted octanol–water partition coefficient (Wildman–Crippen LogP) is 1.86. The lowest BCUT2D eigenvalue weighted by molar-refractivity contribution is 0.0973. The summed E-state index contributed by atoms with van der Waals surface area (Å²) >= 11 is 6.79. The third-order valence-electron chi connectivity index (χ3n) is 1.83. The number of hydrogen-bond acceptors (Lipinski definition) is 8. The lowest BCUT2D eigenvalue weighted by Gasteiger charge is -2.08. The topological polar surface area (TPSA) is 127 Å². The van der Waals surface area contributed by atoms with E-state index in [1.807, 2.05) is 0 Å². The maximum atomic E-state index is 11.8. The maximum absolute atomic E-state index is 11.8. The summed E-state index contributed by atoms with van der Waals surface area (Å²) in [5.74, 6) is -0.557. The number of amides is 1. The maximum Gasteiger partial charge on any atom is 0.279 e. The SMILES string of the molecule is CNc1nc(N=N)c(Cl)nc1C(=O)NC(=N)SC. The van der Waals surface area contributed by atoms with Crippen LogP contribution in [0.5, 0.6) is 0 Å². The van der Waals surface area contributed by atoms with Gasteiger partial charge in [-0.05, 0) is 6.26 Å². The molecule has 0 radical (unpaired) electrons. The van der Waals surface area contributed by atoms with Crippen molar-refractivity contribution in [2.75, 3.05) is 18.6 Å². The van der Waals surface area contributed by atoms with Gasteiger partial charge in [-0.2, -0.15) is 0 Å². The summed E-state index contributed by atoms with van der Waals surface area (Å²) in [5, 5.41) is 15.2. The van der Waals surface area contributed by atoms with Crippen LogP contribution in [0.4, 0.5) is 11.6 Å². The molecule has 0 aliphatic heterocycles. The molecule has 10 heteroatoms. The van der Waals surface area contributed by atoms with Gasteiger partial charge >= 0.3 is 0 Å². The lowest BCUT2D eigenvalue weighted by atomic mass is 10.3. The summed E-state index contributed by atoms with van der Waals surface area (Å²) < 4.78 is 0. The second-order valence-electron chi connectivity index (χ2n) is 2.88. The molecule has 8 nitrogen and oxygen atoms in total. The van der Waals surface area contributed by atoms with Crippen LogP contribution in [0.3, 0.4) is 0 Å². The Kier molecular flexibility index (Phi) is 4.98. The molecule has 0 bridgehead atoms. The first-order valence-electron chi connectivity index (χ1n) is 4.60. The smallest absolute Gasteiger partial charge is 0.279 e. The Bertz CT molecular complexity index is 506. The Morgan fingerprint density at radius 1 is 1.50 bits per heavy atom. The van der Waals surface area contributed by atoms with Crippen LogP contribution in [0.2, 0.25) is 5.15 Å². The minimum atomic E-state index is -0.607. The molecule has 0 spiro atoms. The van der Waals surface area contributed by atoms with Gasteiger partial charge in [-0.1, -0.05) is 23.4 Å². The van der Waals surface area contributed by atoms with Gasteiger partial charge in [0, 0.05) is 7.05 Å². The highest BCUT2D eigenvalue weighted by atomic mass is 35.5. The molecule has 4 N–H and O–H groups in total. The van der Waals surface area contributed by atoms with Crippen LogP contribution >= 0.6 is 23.4 Å². The summed E-state index contributed by atoms with van der Waals surface area (Å²) in [6, 6.07) is 0. The van der Waals surface area contributed by atoms with Gasteiger partial charge < -0.3 is 10.6 Å². The first-order valence-corrected chi connectivity index (χ1v) is 6.20. The van der Waals surface area contributed by atoms with Gasteiger partial charge in [0.25, 0.3) is 5.91 Å². The highest BCUT2D eigenvalue weighted by Gasteiger charge is 2.18. The molecule has 1 aromatic heterocycles. The van der Waals surface area contributed by atoms with E-state index in [1.165, 1.54) is 0 Å². The fourth-order valence-electron chi connectivity index (χ4n) is 1.02. The normalized spacial score (nSPS) is 9.72. The predicted molar refractivity (Wildman–Crippen MR) is 70.1 cm³/mol. The molecule has 0 saturated carbocycles. The Morgan fingerprint density at radius 2 is 2.17 bits per heavy atom. The van der Waals surface area contributed by atoms with Crippen LogP contribution in [-0.4, -0.2) is 34.3 Å². The van der Waals surface area contributed by atoms with Gasteiger partial charge in [-0.15, -0.1) is 5.11 Å². The first-order chi connectivity index (χ1) is 8.53. The number of hydrogen-bond donors (Lipinski definition) is 4. The number of anilines is 1. The van der Waals surface area contributed by atoms with Gasteiger partial charge in [-0.25, -0.2) is 15.5 Å². The second kappa shape index (κ2) is 6.26. The quantitative estimate of drug-likeness (QED) is 0.383. The molecular weight excluding hydrogens is 278 g/mol.